The molecule has 0 bridgehead atoms. The predicted molar refractivity (Wildman–Crippen MR) is 81.6 cm³/mol. The average Bonchev–Trinajstić information content (AvgIpc) is 2.45. The number of hydrogen-bond donors (Lipinski definition) is 0. The third-order valence-electron chi connectivity index (χ3n) is 3.68. The summed E-state index contributed by atoms with van der Waals surface area (Å²) in [4.78, 5) is 26.5. The molecule has 7 heteroatoms. The van der Waals surface area contributed by atoms with Crippen LogP contribution in [0.1, 0.15) is 38.5 Å². The van der Waals surface area contributed by atoms with Crippen molar-refractivity contribution in [3.63, 3.8) is 0 Å². The highest BCUT2D eigenvalue weighted by Crippen LogP contribution is 2.11. The maximum atomic E-state index is 11.9. The SMILES string of the molecule is CN(C)C(=O)CCCS(=O)(=O)CCC(=O)N1CCCCC1. The van der Waals surface area contributed by atoms with Crippen molar-refractivity contribution in [3.05, 3.63) is 0 Å². The van der Waals surface area contributed by atoms with Gasteiger partial charge in [0.25, 0.3) is 0 Å². The number of sulfone groups is 1. The lowest BCUT2D eigenvalue weighted by Crippen LogP contribution is -2.36. The second kappa shape index (κ2) is 8.36. The number of likely N-dealkylation sites (tertiary alicyclic amines) is 1. The average molecular weight is 318 g/mol. The molecule has 0 spiro atoms. The van der Waals surface area contributed by atoms with Crippen molar-refractivity contribution in [2.45, 2.75) is 38.5 Å². The van der Waals surface area contributed by atoms with E-state index in [1.54, 1.807) is 19.0 Å². The summed E-state index contributed by atoms with van der Waals surface area (Å²) in [6.07, 6.45) is 3.76. The smallest absolute Gasteiger partial charge is 0.223 e. The molecule has 0 radical (unpaired) electrons. The van der Waals surface area contributed by atoms with Gasteiger partial charge in [0, 0.05) is 40.0 Å². The van der Waals surface area contributed by atoms with Gasteiger partial charge in [0.2, 0.25) is 11.8 Å². The Labute approximate surface area is 127 Å². The molecule has 2 amide bonds. The Morgan fingerprint density at radius 1 is 1.00 bits per heavy atom. The predicted octanol–water partition coefficient (Wildman–Crippen LogP) is 0.672. The first-order valence-corrected chi connectivity index (χ1v) is 9.32. The molecule has 0 aromatic carbocycles. The van der Waals surface area contributed by atoms with Crippen molar-refractivity contribution in [1.29, 1.82) is 0 Å². The molecule has 1 aliphatic rings. The molecule has 122 valence electrons. The van der Waals surface area contributed by atoms with Crippen LogP contribution in [0.2, 0.25) is 0 Å². The van der Waals surface area contributed by atoms with Crippen LogP contribution < -0.4 is 0 Å². The molecule has 0 aliphatic carbocycles. The molecule has 0 saturated carbocycles. The van der Waals surface area contributed by atoms with E-state index in [2.05, 4.69) is 0 Å². The van der Waals surface area contributed by atoms with E-state index < -0.39 is 9.84 Å². The van der Waals surface area contributed by atoms with Crippen molar-refractivity contribution in [2.75, 3.05) is 38.7 Å². The van der Waals surface area contributed by atoms with Gasteiger partial charge in [-0.1, -0.05) is 0 Å². The van der Waals surface area contributed by atoms with Crippen molar-refractivity contribution < 1.29 is 18.0 Å². The molecule has 1 saturated heterocycles. The molecule has 1 heterocycles. The van der Waals surface area contributed by atoms with Gasteiger partial charge in [-0.05, 0) is 25.7 Å². The lowest BCUT2D eigenvalue weighted by molar-refractivity contribution is -0.131. The summed E-state index contributed by atoms with van der Waals surface area (Å²) in [6.45, 7) is 1.49. The largest absolute Gasteiger partial charge is 0.349 e. The fraction of sp³-hybridized carbons (Fsp3) is 0.857. The van der Waals surface area contributed by atoms with Crippen molar-refractivity contribution >= 4 is 21.7 Å². The third kappa shape index (κ3) is 6.93. The van der Waals surface area contributed by atoms with Crippen LogP contribution in [0.3, 0.4) is 0 Å². The molecule has 21 heavy (non-hydrogen) atoms. The normalized spacial score (nSPS) is 15.8. The van der Waals surface area contributed by atoms with Gasteiger partial charge in [-0.15, -0.1) is 0 Å². The highest BCUT2D eigenvalue weighted by Gasteiger charge is 2.20. The van der Waals surface area contributed by atoms with E-state index in [0.717, 1.165) is 32.4 Å². The van der Waals surface area contributed by atoms with E-state index in [0.29, 0.717) is 6.42 Å². The quantitative estimate of drug-likeness (QED) is 0.691. The van der Waals surface area contributed by atoms with Crippen LogP contribution in [0.5, 0.6) is 0 Å². The summed E-state index contributed by atoms with van der Waals surface area (Å²) in [5, 5.41) is 0. The summed E-state index contributed by atoms with van der Waals surface area (Å²) < 4.78 is 23.7. The summed E-state index contributed by atoms with van der Waals surface area (Å²) >= 11 is 0. The summed E-state index contributed by atoms with van der Waals surface area (Å²) in [5.74, 6) is -0.282. The summed E-state index contributed by atoms with van der Waals surface area (Å²) in [6, 6.07) is 0. The van der Waals surface area contributed by atoms with Crippen LogP contribution in [0, 0.1) is 0 Å². The van der Waals surface area contributed by atoms with Crippen molar-refractivity contribution in [2.24, 2.45) is 0 Å². The maximum absolute atomic E-state index is 11.9. The number of carbonyl (C=O) groups excluding carboxylic acids is 2. The fourth-order valence-corrected chi connectivity index (χ4v) is 3.59. The standard InChI is InChI=1S/C14H26N2O4S/c1-15(2)13(17)7-6-11-21(19,20)12-8-14(18)16-9-4-3-5-10-16/h3-12H2,1-2H3. The molecule has 6 nitrogen and oxygen atoms in total. The van der Waals surface area contributed by atoms with Gasteiger partial charge < -0.3 is 9.80 Å². The van der Waals surface area contributed by atoms with Crippen LogP contribution in [0.4, 0.5) is 0 Å². The Balaban J connectivity index is 2.28. The third-order valence-corrected chi connectivity index (χ3v) is 5.42. The van der Waals surface area contributed by atoms with Gasteiger partial charge in [0.1, 0.15) is 0 Å². The minimum Gasteiger partial charge on any atom is -0.349 e. The molecule has 0 unspecified atom stereocenters. The zero-order chi connectivity index (χ0) is 15.9. The highest BCUT2D eigenvalue weighted by atomic mass is 32.2. The monoisotopic (exact) mass is 318 g/mol. The van der Waals surface area contributed by atoms with E-state index in [-0.39, 0.29) is 36.2 Å². The fourth-order valence-electron chi connectivity index (χ4n) is 2.31. The Morgan fingerprint density at radius 2 is 1.62 bits per heavy atom. The highest BCUT2D eigenvalue weighted by molar-refractivity contribution is 7.91. The Kier molecular flexibility index (Phi) is 7.14. The number of piperidine rings is 1. The molecule has 1 fully saturated rings. The first-order valence-electron chi connectivity index (χ1n) is 7.50. The molecule has 0 aromatic heterocycles. The number of hydrogen-bond acceptors (Lipinski definition) is 4. The van der Waals surface area contributed by atoms with Crippen LogP contribution in [-0.2, 0) is 19.4 Å². The summed E-state index contributed by atoms with van der Waals surface area (Å²) in [5.41, 5.74) is 0. The first kappa shape index (κ1) is 17.9. The molecular weight excluding hydrogens is 292 g/mol. The molecular formula is C14H26N2O4S. The minimum absolute atomic E-state index is 0.0279. The number of carbonyl (C=O) groups is 2. The second-order valence-corrected chi connectivity index (χ2v) is 8.04. The van der Waals surface area contributed by atoms with Gasteiger partial charge in [0.15, 0.2) is 9.84 Å². The first-order chi connectivity index (χ1) is 9.82. The lowest BCUT2D eigenvalue weighted by Gasteiger charge is -2.26. The Hall–Kier alpha value is -1.11. The van der Waals surface area contributed by atoms with E-state index >= 15 is 0 Å². The minimum atomic E-state index is -3.25. The Morgan fingerprint density at radius 3 is 2.19 bits per heavy atom. The van der Waals surface area contributed by atoms with Crippen LogP contribution in [0.25, 0.3) is 0 Å². The number of nitrogens with zero attached hydrogens (tertiary/aromatic N) is 2. The second-order valence-electron chi connectivity index (χ2n) is 5.73. The molecule has 1 rings (SSSR count). The van der Waals surface area contributed by atoms with E-state index in [1.165, 1.54) is 4.90 Å². The zero-order valence-electron chi connectivity index (χ0n) is 13.0. The topological polar surface area (TPSA) is 74.8 Å². The van der Waals surface area contributed by atoms with Gasteiger partial charge >= 0.3 is 0 Å². The van der Waals surface area contributed by atoms with Gasteiger partial charge in [0.05, 0.1) is 11.5 Å². The van der Waals surface area contributed by atoms with E-state index in [1.807, 2.05) is 0 Å². The van der Waals surface area contributed by atoms with Crippen LogP contribution >= 0.6 is 0 Å². The number of rotatable bonds is 7. The summed E-state index contributed by atoms with van der Waals surface area (Å²) in [7, 11) is 0.0390. The van der Waals surface area contributed by atoms with Crippen LogP contribution in [0.15, 0.2) is 0 Å². The zero-order valence-corrected chi connectivity index (χ0v) is 13.8. The number of amides is 2. The lowest BCUT2D eigenvalue weighted by atomic mass is 10.1. The molecule has 1 aliphatic heterocycles. The van der Waals surface area contributed by atoms with Gasteiger partial charge in [-0.3, -0.25) is 9.59 Å². The van der Waals surface area contributed by atoms with Crippen LogP contribution in [-0.4, -0.2) is 68.7 Å². The van der Waals surface area contributed by atoms with Crippen molar-refractivity contribution in [1.82, 2.24) is 9.80 Å². The van der Waals surface area contributed by atoms with E-state index in [4.69, 9.17) is 0 Å². The maximum Gasteiger partial charge on any atom is 0.223 e. The molecule has 0 atom stereocenters. The van der Waals surface area contributed by atoms with E-state index in [9.17, 15) is 18.0 Å². The van der Waals surface area contributed by atoms with Gasteiger partial charge in [-0.2, -0.15) is 0 Å². The van der Waals surface area contributed by atoms with Gasteiger partial charge in [-0.25, -0.2) is 8.42 Å². The van der Waals surface area contributed by atoms with Crippen molar-refractivity contribution in [3.8, 4) is 0 Å². The molecule has 0 aromatic rings. The molecule has 0 N–H and O–H groups in total. The Bertz CT molecular complexity index is 454.